The van der Waals surface area contributed by atoms with E-state index >= 15 is 0 Å². The topological polar surface area (TPSA) is 55.0 Å². The second-order valence-corrected chi connectivity index (χ2v) is 3.14. The maximum absolute atomic E-state index is 11.0. The molecule has 0 radical (unpaired) electrons. The minimum absolute atomic E-state index is 0.0328. The molecule has 0 fully saturated rings. The highest BCUT2D eigenvalue weighted by Gasteiger charge is 2.00. The summed E-state index contributed by atoms with van der Waals surface area (Å²) in [5.74, 6) is 0. The van der Waals surface area contributed by atoms with Gasteiger partial charge in [0.15, 0.2) is 0 Å². The Labute approximate surface area is 77.5 Å². The molecule has 0 aromatic heterocycles. The summed E-state index contributed by atoms with van der Waals surface area (Å²) in [5, 5.41) is 22.0. The zero-order valence-electron chi connectivity index (χ0n) is 7.83. The minimum atomic E-state index is 0.0328. The second-order valence-electron chi connectivity index (χ2n) is 3.14. The van der Waals surface area contributed by atoms with Crippen molar-refractivity contribution in [2.45, 2.75) is 6.54 Å². The maximum atomic E-state index is 11.0. The molecule has 0 heterocycles. The molecule has 0 aliphatic carbocycles. The Balaban J connectivity index is 2.79. The zero-order chi connectivity index (χ0) is 9.84. The second kappa shape index (κ2) is 4.34. The van der Waals surface area contributed by atoms with E-state index in [-0.39, 0.29) is 10.1 Å². The van der Waals surface area contributed by atoms with Gasteiger partial charge in [-0.05, 0) is 6.07 Å². The normalized spacial score (nSPS) is 15.4. The third-order valence-corrected chi connectivity index (χ3v) is 1.79. The van der Waals surface area contributed by atoms with Crippen molar-refractivity contribution in [3.05, 3.63) is 40.2 Å². The van der Waals surface area contributed by atoms with Crippen LogP contribution in [0.3, 0.4) is 0 Å². The van der Waals surface area contributed by atoms with Gasteiger partial charge in [0.25, 0.3) is 0 Å². The van der Waals surface area contributed by atoms with E-state index in [4.69, 9.17) is 0 Å². The summed E-state index contributed by atoms with van der Waals surface area (Å²) in [7, 11) is 3.06. The molecule has 72 valence electrons. The van der Waals surface area contributed by atoms with Gasteiger partial charge in [-0.25, -0.2) is 0 Å². The summed E-state index contributed by atoms with van der Waals surface area (Å²) in [6, 6.07) is 7.18. The summed E-state index contributed by atoms with van der Waals surface area (Å²) >= 11 is 0. The van der Waals surface area contributed by atoms with Crippen LogP contribution in [0, 0.1) is 10.4 Å². The lowest BCUT2D eigenvalue weighted by molar-refractivity contribution is -0.840. The summed E-state index contributed by atoms with van der Waals surface area (Å²) in [6.45, 7) is 0.404. The van der Waals surface area contributed by atoms with E-state index in [1.54, 1.807) is 25.2 Å². The van der Waals surface area contributed by atoms with Crippen LogP contribution in [0.25, 0.3) is 0 Å². The average molecular weight is 182 g/mol. The quantitative estimate of drug-likeness (QED) is 0.580. The molecule has 0 aliphatic heterocycles. The molecule has 1 rings (SSSR count). The Morgan fingerprint density at radius 3 is 2.46 bits per heavy atom. The molecule has 2 atom stereocenters. The minimum Gasteiger partial charge on any atom is -0.634 e. The van der Waals surface area contributed by atoms with Crippen molar-refractivity contribution in [3.8, 4) is 0 Å². The van der Waals surface area contributed by atoms with Gasteiger partial charge >= 0.3 is 0 Å². The standard InChI is InChI=1S/C9H14N2O2/c1-10(12)7-8-4-3-5-9(6-8)11(2)13/h3-6,10-11H,7H2,1-2H3. The molecule has 4 nitrogen and oxygen atoms in total. The average Bonchev–Trinajstić information content (AvgIpc) is 2.03. The first-order valence-electron chi connectivity index (χ1n) is 4.19. The molecule has 0 bridgehead atoms. The van der Waals surface area contributed by atoms with Crippen molar-refractivity contribution in [2.75, 3.05) is 14.1 Å². The van der Waals surface area contributed by atoms with Crippen LogP contribution in [0.5, 0.6) is 0 Å². The van der Waals surface area contributed by atoms with Crippen LogP contribution < -0.4 is 10.1 Å². The first-order chi connectivity index (χ1) is 6.09. The Bertz CT molecular complexity index is 274. The van der Waals surface area contributed by atoms with Crippen LogP contribution in [0.15, 0.2) is 24.3 Å². The number of quaternary nitrogens is 2. The fraction of sp³-hybridized carbons (Fsp3) is 0.333. The number of hydroxylamine groups is 3. The predicted molar refractivity (Wildman–Crippen MR) is 50.3 cm³/mol. The fourth-order valence-electron chi connectivity index (χ4n) is 1.19. The lowest BCUT2D eigenvalue weighted by atomic mass is 10.2. The Morgan fingerprint density at radius 2 is 1.92 bits per heavy atom. The number of hydrogen-bond acceptors (Lipinski definition) is 2. The predicted octanol–water partition coefficient (Wildman–Crippen LogP) is -1.16. The van der Waals surface area contributed by atoms with E-state index in [1.807, 2.05) is 6.07 Å². The van der Waals surface area contributed by atoms with Gasteiger partial charge in [-0.15, -0.1) is 0 Å². The van der Waals surface area contributed by atoms with Gasteiger partial charge in [0.2, 0.25) is 0 Å². The van der Waals surface area contributed by atoms with Crippen LogP contribution in [-0.4, -0.2) is 14.1 Å². The molecule has 2 N–H and O–H groups in total. The molecule has 2 unspecified atom stereocenters. The molecule has 0 amide bonds. The molecule has 13 heavy (non-hydrogen) atoms. The highest BCUT2D eigenvalue weighted by molar-refractivity contribution is 5.33. The summed E-state index contributed by atoms with van der Waals surface area (Å²) in [5.41, 5.74) is 1.57. The van der Waals surface area contributed by atoms with Crippen molar-refractivity contribution >= 4 is 5.69 Å². The van der Waals surface area contributed by atoms with E-state index < -0.39 is 0 Å². The maximum Gasteiger partial charge on any atom is 0.131 e. The van der Waals surface area contributed by atoms with Gasteiger partial charge < -0.3 is 20.5 Å². The monoisotopic (exact) mass is 182 g/mol. The van der Waals surface area contributed by atoms with E-state index in [0.29, 0.717) is 12.2 Å². The SMILES string of the molecule is C[NH+]([O-])Cc1cccc([NH+](C)[O-])c1. The molecule has 0 saturated heterocycles. The Hall–Kier alpha value is -0.940. The number of nitrogens with one attached hydrogen (secondary N) is 2. The van der Waals surface area contributed by atoms with Gasteiger partial charge in [-0.2, -0.15) is 0 Å². The smallest absolute Gasteiger partial charge is 0.131 e. The molecule has 0 aliphatic rings. The van der Waals surface area contributed by atoms with Crippen molar-refractivity contribution in [2.24, 2.45) is 0 Å². The molecule has 4 heteroatoms. The van der Waals surface area contributed by atoms with Crippen LogP contribution >= 0.6 is 0 Å². The van der Waals surface area contributed by atoms with E-state index in [2.05, 4.69) is 0 Å². The molecule has 1 aromatic rings. The van der Waals surface area contributed by atoms with Gasteiger partial charge in [-0.3, -0.25) is 0 Å². The fourth-order valence-corrected chi connectivity index (χ4v) is 1.19. The summed E-state index contributed by atoms with van der Waals surface area (Å²) in [4.78, 5) is 0. The highest BCUT2D eigenvalue weighted by Crippen LogP contribution is 2.04. The third kappa shape index (κ3) is 3.12. The molecule has 0 saturated carbocycles. The van der Waals surface area contributed by atoms with E-state index in [1.165, 1.54) is 7.05 Å². The third-order valence-electron chi connectivity index (χ3n) is 1.79. The van der Waals surface area contributed by atoms with Crippen molar-refractivity contribution < 1.29 is 10.1 Å². The van der Waals surface area contributed by atoms with Gasteiger partial charge in [0.05, 0.1) is 14.1 Å². The van der Waals surface area contributed by atoms with Crippen molar-refractivity contribution in [3.63, 3.8) is 0 Å². The van der Waals surface area contributed by atoms with Crippen molar-refractivity contribution in [1.82, 2.24) is 0 Å². The van der Waals surface area contributed by atoms with Crippen LogP contribution in [0.1, 0.15) is 5.56 Å². The molecule has 1 aromatic carbocycles. The molecular formula is C9H14N2O2. The van der Waals surface area contributed by atoms with Gasteiger partial charge in [0.1, 0.15) is 12.2 Å². The molecular weight excluding hydrogens is 168 g/mol. The number of rotatable bonds is 3. The Kier molecular flexibility index (Phi) is 3.39. The number of benzene rings is 1. The summed E-state index contributed by atoms with van der Waals surface area (Å²) in [6.07, 6.45) is 0. The van der Waals surface area contributed by atoms with E-state index in [9.17, 15) is 10.4 Å². The largest absolute Gasteiger partial charge is 0.634 e. The molecule has 0 spiro atoms. The van der Waals surface area contributed by atoms with Crippen LogP contribution in [0.2, 0.25) is 0 Å². The van der Waals surface area contributed by atoms with Crippen molar-refractivity contribution in [1.29, 1.82) is 0 Å². The first kappa shape index (κ1) is 10.1. The van der Waals surface area contributed by atoms with E-state index in [0.717, 1.165) is 5.56 Å². The van der Waals surface area contributed by atoms with Gasteiger partial charge in [-0.1, -0.05) is 12.1 Å². The van der Waals surface area contributed by atoms with Crippen LogP contribution in [-0.2, 0) is 6.54 Å². The highest BCUT2D eigenvalue weighted by atomic mass is 16.5. The summed E-state index contributed by atoms with van der Waals surface area (Å²) < 4.78 is 0. The lowest BCUT2D eigenvalue weighted by Crippen LogP contribution is -3.02. The first-order valence-corrected chi connectivity index (χ1v) is 4.19. The zero-order valence-corrected chi connectivity index (χ0v) is 7.83. The number of hydrogen-bond donors (Lipinski definition) is 2. The van der Waals surface area contributed by atoms with Crippen LogP contribution in [0.4, 0.5) is 5.69 Å². The van der Waals surface area contributed by atoms with Gasteiger partial charge in [0, 0.05) is 11.6 Å². The lowest BCUT2D eigenvalue weighted by Gasteiger charge is -2.18. The Morgan fingerprint density at radius 1 is 1.23 bits per heavy atom.